The normalized spacial score (nSPS) is 18.2. The molecule has 11 heteroatoms. The Morgan fingerprint density at radius 1 is 0.886 bits per heavy atom. The molecule has 2 fully saturated rings. The van der Waals surface area contributed by atoms with E-state index < -0.39 is 22.7 Å². The lowest BCUT2D eigenvalue weighted by atomic mass is 9.75. The van der Waals surface area contributed by atoms with Crippen LogP contribution in [-0.2, 0) is 15.8 Å². The number of halogens is 3. The van der Waals surface area contributed by atoms with Gasteiger partial charge >= 0.3 is 6.03 Å². The van der Waals surface area contributed by atoms with Crippen LogP contribution < -0.4 is 5.32 Å². The van der Waals surface area contributed by atoms with Crippen LogP contribution in [0, 0.1) is 11.6 Å². The van der Waals surface area contributed by atoms with Crippen molar-refractivity contribution < 1.29 is 28.6 Å². The average molecular weight is 631 g/mol. The van der Waals surface area contributed by atoms with E-state index in [9.17, 15) is 18.4 Å². The van der Waals surface area contributed by atoms with Gasteiger partial charge in [0.25, 0.3) is 0 Å². The monoisotopic (exact) mass is 630 g/mol. The lowest BCUT2D eigenvalue weighted by Crippen LogP contribution is -2.64. The molecule has 3 aromatic carbocycles. The number of carbonyl (C=O) groups is 2. The Morgan fingerprint density at radius 3 is 2.05 bits per heavy atom. The molecule has 1 unspecified atom stereocenters. The van der Waals surface area contributed by atoms with E-state index in [1.165, 1.54) is 17.0 Å². The van der Waals surface area contributed by atoms with Gasteiger partial charge < -0.3 is 20.4 Å². The number of hydrogen-bond acceptors (Lipinski definition) is 5. The Balaban J connectivity index is 0.00000264. The molecular weight excluding hydrogens is 590 g/mol. The minimum absolute atomic E-state index is 0. The van der Waals surface area contributed by atoms with E-state index in [4.69, 9.17) is 4.74 Å². The molecular formula is C33H41ClF2N4O4. The maximum Gasteiger partial charge on any atom is 0.317 e. The van der Waals surface area contributed by atoms with Gasteiger partial charge in [-0.3, -0.25) is 14.6 Å². The van der Waals surface area contributed by atoms with Gasteiger partial charge in [-0.05, 0) is 36.1 Å². The maximum absolute atomic E-state index is 14.9. The van der Waals surface area contributed by atoms with Gasteiger partial charge in [-0.2, -0.15) is 0 Å². The highest BCUT2D eigenvalue weighted by molar-refractivity contribution is 6.04. The molecule has 0 aromatic heterocycles. The number of nitrogens with zero attached hydrogens (tertiary/aromatic N) is 3. The summed E-state index contributed by atoms with van der Waals surface area (Å²) in [5.74, 6) is -2.13. The number of likely N-dealkylation sites (tertiary alicyclic amines) is 1. The van der Waals surface area contributed by atoms with Crippen LogP contribution in [0.15, 0.2) is 78.9 Å². The smallest absolute Gasteiger partial charge is 0.317 e. The van der Waals surface area contributed by atoms with Crippen LogP contribution in [0.3, 0.4) is 0 Å². The van der Waals surface area contributed by atoms with Crippen molar-refractivity contribution in [3.05, 3.63) is 107 Å². The van der Waals surface area contributed by atoms with Crippen LogP contribution in [0.25, 0.3) is 0 Å². The molecule has 2 aliphatic rings. The molecule has 8 nitrogen and oxygen atoms in total. The first-order valence-electron chi connectivity index (χ1n) is 14.4. The Hall–Kier alpha value is -3.41. The summed E-state index contributed by atoms with van der Waals surface area (Å²) >= 11 is 0. The Bertz CT molecular complexity index is 1390. The molecule has 2 amide bonds. The molecule has 2 aliphatic heterocycles. The highest BCUT2D eigenvalue weighted by Crippen LogP contribution is 2.41. The van der Waals surface area contributed by atoms with E-state index in [0.717, 1.165) is 11.6 Å². The average Bonchev–Trinajstić information content (AvgIpc) is 3.02. The fourth-order valence-electron chi connectivity index (χ4n) is 6.21. The number of carbonyl (C=O) groups excluding carboxylic acids is 2. The van der Waals surface area contributed by atoms with Crippen LogP contribution in [-0.4, -0.2) is 92.0 Å². The minimum atomic E-state index is -1.30. The Morgan fingerprint density at radius 2 is 1.48 bits per heavy atom. The van der Waals surface area contributed by atoms with Crippen molar-refractivity contribution in [2.75, 3.05) is 60.0 Å². The Kier molecular flexibility index (Phi) is 12.0. The molecule has 0 radical (unpaired) electrons. The van der Waals surface area contributed by atoms with E-state index in [1.807, 2.05) is 48.5 Å². The van der Waals surface area contributed by atoms with Crippen molar-refractivity contribution in [3.63, 3.8) is 0 Å². The number of ether oxygens (including phenoxy) is 1. The molecule has 0 bridgehead atoms. The van der Waals surface area contributed by atoms with Crippen LogP contribution in [0.4, 0.5) is 13.6 Å². The van der Waals surface area contributed by atoms with Gasteiger partial charge in [0.15, 0.2) is 17.4 Å². The van der Waals surface area contributed by atoms with Gasteiger partial charge in [-0.1, -0.05) is 66.7 Å². The summed E-state index contributed by atoms with van der Waals surface area (Å²) < 4.78 is 34.7. The fourth-order valence-corrected chi connectivity index (χ4v) is 6.21. The third kappa shape index (κ3) is 7.11. The first-order valence-corrected chi connectivity index (χ1v) is 14.4. The van der Waals surface area contributed by atoms with E-state index in [2.05, 4.69) is 15.1 Å². The molecule has 0 saturated carbocycles. The largest absolute Gasteiger partial charge is 0.412 e. The number of Topliss-reactive ketones (excluding diaryl/α,β-unsaturated/α-hetero) is 1. The lowest BCUT2D eigenvalue weighted by molar-refractivity contribution is -0.0169. The molecule has 2 saturated heterocycles. The standard InChI is InChI=1S/C33H38F2N4O3.ClH.H2O/c1-37(2)31(41)36-32(26-11-7-4-8-12-26)15-17-39(18-16-32)33(24-38-19-21-42-22-20-38,27-13-14-28(34)29(35)23-27)30(40)25-9-5-3-6-10-25;;/h3-14,23H,15-22,24H2,1-2H3,(H,36,41);1H;1H2. The second kappa shape index (κ2) is 15.0. The Labute approximate surface area is 263 Å². The molecule has 2 heterocycles. The van der Waals surface area contributed by atoms with Crippen molar-refractivity contribution in [1.29, 1.82) is 0 Å². The summed E-state index contributed by atoms with van der Waals surface area (Å²) in [5.41, 5.74) is -0.0709. The number of benzene rings is 3. The van der Waals surface area contributed by atoms with E-state index in [-0.39, 0.29) is 36.2 Å². The first kappa shape index (κ1) is 35.1. The number of rotatable bonds is 8. The second-order valence-electron chi connectivity index (χ2n) is 11.3. The summed E-state index contributed by atoms with van der Waals surface area (Å²) in [5, 5.41) is 3.26. The first-order chi connectivity index (χ1) is 20.2. The van der Waals surface area contributed by atoms with Crippen molar-refractivity contribution >= 4 is 24.2 Å². The van der Waals surface area contributed by atoms with Gasteiger partial charge in [0.2, 0.25) is 0 Å². The molecule has 0 aliphatic carbocycles. The fraction of sp³-hybridized carbons (Fsp3) is 0.394. The molecule has 238 valence electrons. The third-order valence-corrected chi connectivity index (χ3v) is 8.60. The van der Waals surface area contributed by atoms with Crippen molar-refractivity contribution in [2.45, 2.75) is 23.9 Å². The quantitative estimate of drug-likeness (QED) is 0.376. The summed E-state index contributed by atoms with van der Waals surface area (Å²) in [6.45, 7) is 3.46. The van der Waals surface area contributed by atoms with E-state index in [0.29, 0.717) is 63.4 Å². The number of piperidine rings is 1. The molecule has 1 atom stereocenters. The molecule has 3 aromatic rings. The second-order valence-corrected chi connectivity index (χ2v) is 11.3. The summed E-state index contributed by atoms with van der Waals surface area (Å²) in [6, 6.07) is 22.5. The number of ketones is 1. The van der Waals surface area contributed by atoms with Crippen molar-refractivity contribution in [3.8, 4) is 0 Å². The summed E-state index contributed by atoms with van der Waals surface area (Å²) in [4.78, 5) is 33.5. The van der Waals surface area contributed by atoms with Crippen molar-refractivity contribution in [1.82, 2.24) is 20.0 Å². The highest BCUT2D eigenvalue weighted by atomic mass is 35.5. The number of morpholine rings is 1. The highest BCUT2D eigenvalue weighted by Gasteiger charge is 2.51. The topological polar surface area (TPSA) is 96.6 Å². The zero-order valence-corrected chi connectivity index (χ0v) is 25.9. The summed E-state index contributed by atoms with van der Waals surface area (Å²) in [7, 11) is 3.41. The van der Waals surface area contributed by atoms with Crippen LogP contribution in [0.1, 0.15) is 34.3 Å². The van der Waals surface area contributed by atoms with Crippen molar-refractivity contribution in [2.24, 2.45) is 0 Å². The van der Waals surface area contributed by atoms with Crippen LogP contribution in [0.2, 0.25) is 0 Å². The maximum atomic E-state index is 14.9. The van der Waals surface area contributed by atoms with Gasteiger partial charge in [-0.25, -0.2) is 13.6 Å². The summed E-state index contributed by atoms with van der Waals surface area (Å²) in [6.07, 6.45) is 1.04. The number of nitrogens with one attached hydrogen (secondary N) is 1. The predicted molar refractivity (Wildman–Crippen MR) is 168 cm³/mol. The van der Waals surface area contributed by atoms with Crippen LogP contribution >= 0.6 is 12.4 Å². The number of urea groups is 1. The molecule has 5 rings (SSSR count). The molecule has 44 heavy (non-hydrogen) atoms. The zero-order chi connectivity index (χ0) is 29.7. The van der Waals surface area contributed by atoms with Gasteiger partial charge in [0, 0.05) is 52.4 Å². The van der Waals surface area contributed by atoms with Gasteiger partial charge in [0.1, 0.15) is 5.54 Å². The lowest BCUT2D eigenvalue weighted by Gasteiger charge is -2.51. The number of amides is 2. The number of hydrogen-bond donors (Lipinski definition) is 1. The van der Waals surface area contributed by atoms with E-state index in [1.54, 1.807) is 26.2 Å². The zero-order valence-electron chi connectivity index (χ0n) is 25.1. The predicted octanol–water partition coefficient (Wildman–Crippen LogP) is 4.23. The van der Waals surface area contributed by atoms with Gasteiger partial charge in [-0.15, -0.1) is 12.4 Å². The van der Waals surface area contributed by atoms with E-state index >= 15 is 0 Å². The van der Waals surface area contributed by atoms with Crippen LogP contribution in [0.5, 0.6) is 0 Å². The molecule has 0 spiro atoms. The minimum Gasteiger partial charge on any atom is -0.412 e. The third-order valence-electron chi connectivity index (χ3n) is 8.60. The van der Waals surface area contributed by atoms with Gasteiger partial charge in [0.05, 0.1) is 18.8 Å². The molecule has 3 N–H and O–H groups in total. The SMILES string of the molecule is CN(C)C(=O)NC1(c2ccccc2)CCN(C(CN2CCOCC2)(C(=O)c2ccccc2)c2ccc(F)c(F)c2)CC1.Cl.O.